The first-order valence-corrected chi connectivity index (χ1v) is 13.3. The highest BCUT2D eigenvalue weighted by Crippen LogP contribution is 2.24. The van der Waals surface area contributed by atoms with Crippen LogP contribution in [-0.2, 0) is 6.42 Å². The zero-order chi connectivity index (χ0) is 24.8. The van der Waals surface area contributed by atoms with Gasteiger partial charge in [0.25, 0.3) is 0 Å². The van der Waals surface area contributed by atoms with Gasteiger partial charge in [-0.2, -0.15) is 0 Å². The Labute approximate surface area is 209 Å². The quantitative estimate of drug-likeness (QED) is 0.288. The van der Waals surface area contributed by atoms with Crippen molar-refractivity contribution in [2.45, 2.75) is 79.6 Å². The fraction of sp³-hybridized carbons (Fsp3) is 0.438. The van der Waals surface area contributed by atoms with Crippen LogP contribution in [0, 0.1) is 0 Å². The van der Waals surface area contributed by atoms with E-state index >= 15 is 0 Å². The number of rotatable bonds is 12. The first-order valence-electron chi connectivity index (χ1n) is 13.3. The first kappa shape index (κ1) is 27.5. The average molecular weight is 459 g/mol. The van der Waals surface area contributed by atoms with Crippen LogP contribution in [0.4, 0.5) is 0 Å². The summed E-state index contributed by atoms with van der Waals surface area (Å²) < 4.78 is 0. The zero-order valence-electron chi connectivity index (χ0n) is 22.3. The van der Waals surface area contributed by atoms with Gasteiger partial charge in [0, 0.05) is 36.9 Å². The van der Waals surface area contributed by atoms with Gasteiger partial charge >= 0.3 is 0 Å². The zero-order valence-corrected chi connectivity index (χ0v) is 22.3. The van der Waals surface area contributed by atoms with Crippen LogP contribution in [0.15, 0.2) is 90.5 Å². The lowest BCUT2D eigenvalue weighted by atomic mass is 10.1. The summed E-state index contributed by atoms with van der Waals surface area (Å²) in [6.45, 7) is 17.4. The van der Waals surface area contributed by atoms with E-state index in [4.69, 9.17) is 0 Å². The minimum Gasteiger partial charge on any atom is -0.371 e. The molecule has 1 fully saturated rings. The third-order valence-corrected chi connectivity index (χ3v) is 6.29. The lowest BCUT2D eigenvalue weighted by Gasteiger charge is -2.30. The van der Waals surface area contributed by atoms with E-state index in [1.54, 1.807) is 0 Å². The van der Waals surface area contributed by atoms with Gasteiger partial charge in [0.1, 0.15) is 0 Å². The molecule has 1 aromatic rings. The molecule has 0 saturated carbocycles. The van der Waals surface area contributed by atoms with E-state index in [1.807, 2.05) is 0 Å². The smallest absolute Gasteiger partial charge is 0.0481 e. The van der Waals surface area contributed by atoms with Crippen molar-refractivity contribution in [2.24, 2.45) is 0 Å². The number of likely N-dealkylation sites (tertiary alicyclic amines) is 1. The number of nitrogens with zero attached hydrogens (tertiary/aromatic N) is 2. The van der Waals surface area contributed by atoms with Gasteiger partial charge in [0.2, 0.25) is 0 Å². The maximum absolute atomic E-state index is 4.19. The number of allylic oxidation sites excluding steroid dienone is 7. The van der Waals surface area contributed by atoms with E-state index < -0.39 is 0 Å². The van der Waals surface area contributed by atoms with Crippen LogP contribution in [0.25, 0.3) is 5.70 Å². The Hall–Kier alpha value is -2.74. The van der Waals surface area contributed by atoms with Gasteiger partial charge in [0.15, 0.2) is 0 Å². The molecule has 2 heteroatoms. The van der Waals surface area contributed by atoms with Crippen molar-refractivity contribution in [3.63, 3.8) is 0 Å². The lowest BCUT2D eigenvalue weighted by Crippen LogP contribution is -2.28. The van der Waals surface area contributed by atoms with E-state index in [9.17, 15) is 0 Å². The number of aryl methyl sites for hydroxylation is 1. The summed E-state index contributed by atoms with van der Waals surface area (Å²) in [5.74, 6) is 0. The molecule has 0 aromatic heterocycles. The molecule has 1 aromatic carbocycles. The van der Waals surface area contributed by atoms with Crippen LogP contribution in [0.5, 0.6) is 0 Å². The molecule has 0 aliphatic carbocycles. The van der Waals surface area contributed by atoms with Crippen LogP contribution in [-0.4, -0.2) is 22.9 Å². The third-order valence-electron chi connectivity index (χ3n) is 6.29. The molecule has 2 nitrogen and oxygen atoms in total. The maximum Gasteiger partial charge on any atom is 0.0481 e. The standard InChI is InChI=1S/C32H46N2/c1-7-14-28(6)26-31(33-22-12-11-13-23-33)21-25-34(24-20-27(5)9-3)32(15-8-2)30-18-16-29(10-4)17-19-30/h14-21,24-26H,5,7-13,22-23H2,1-4,6H3/b24-20-,25-21?,28-14+,31-26+,32-15+. The summed E-state index contributed by atoms with van der Waals surface area (Å²) in [5.41, 5.74) is 7.57. The molecule has 0 amide bonds. The van der Waals surface area contributed by atoms with Crippen LogP contribution in [0.2, 0.25) is 0 Å². The van der Waals surface area contributed by atoms with E-state index in [-0.39, 0.29) is 0 Å². The maximum atomic E-state index is 4.19. The van der Waals surface area contributed by atoms with Crippen LogP contribution < -0.4 is 0 Å². The van der Waals surface area contributed by atoms with E-state index in [0.29, 0.717) is 0 Å². The van der Waals surface area contributed by atoms with Gasteiger partial charge in [-0.25, -0.2) is 0 Å². The van der Waals surface area contributed by atoms with Gasteiger partial charge in [-0.05, 0) is 81.2 Å². The highest BCUT2D eigenvalue weighted by molar-refractivity contribution is 5.66. The van der Waals surface area contributed by atoms with Crippen molar-refractivity contribution in [3.8, 4) is 0 Å². The molecule has 1 aliphatic heterocycles. The highest BCUT2D eigenvalue weighted by atomic mass is 15.1. The molecule has 184 valence electrons. The third kappa shape index (κ3) is 8.89. The SMILES string of the molecule is C=C(/C=C\N(C=C/C(=C\C(C)=C\CC)N1CCCCC1)/C(=C/CC)c1ccc(CC)cc1)CC. The van der Waals surface area contributed by atoms with Crippen molar-refractivity contribution >= 4 is 5.70 Å². The molecular weight excluding hydrogens is 412 g/mol. The van der Waals surface area contributed by atoms with Crippen molar-refractivity contribution in [1.29, 1.82) is 0 Å². The first-order chi connectivity index (χ1) is 16.5. The second kappa shape index (κ2) is 15.2. The topological polar surface area (TPSA) is 6.48 Å². The Bertz CT molecular complexity index is 903. The summed E-state index contributed by atoms with van der Waals surface area (Å²) >= 11 is 0. The molecule has 2 rings (SSSR count). The lowest BCUT2D eigenvalue weighted by molar-refractivity contribution is 0.292. The summed E-state index contributed by atoms with van der Waals surface area (Å²) in [5, 5.41) is 0. The Morgan fingerprint density at radius 1 is 0.912 bits per heavy atom. The minimum atomic E-state index is 0.950. The van der Waals surface area contributed by atoms with E-state index in [0.717, 1.165) is 44.3 Å². The molecule has 0 bridgehead atoms. The molecule has 0 N–H and O–H groups in total. The molecule has 1 aliphatic rings. The second-order valence-electron chi connectivity index (χ2n) is 9.07. The largest absolute Gasteiger partial charge is 0.371 e. The molecular formula is C32H46N2. The molecule has 0 unspecified atom stereocenters. The average Bonchev–Trinajstić information content (AvgIpc) is 2.87. The molecule has 0 radical (unpaired) electrons. The molecule has 34 heavy (non-hydrogen) atoms. The summed E-state index contributed by atoms with van der Waals surface area (Å²) in [6, 6.07) is 8.99. The summed E-state index contributed by atoms with van der Waals surface area (Å²) in [4.78, 5) is 4.81. The van der Waals surface area contributed by atoms with Gasteiger partial charge in [0.05, 0.1) is 0 Å². The molecule has 0 spiro atoms. The fourth-order valence-electron chi connectivity index (χ4n) is 4.16. The number of benzene rings is 1. The minimum absolute atomic E-state index is 0.950. The number of hydrogen-bond donors (Lipinski definition) is 0. The highest BCUT2D eigenvalue weighted by Gasteiger charge is 2.13. The van der Waals surface area contributed by atoms with Crippen LogP contribution >= 0.6 is 0 Å². The predicted octanol–water partition coefficient (Wildman–Crippen LogP) is 9.02. The molecule has 1 heterocycles. The van der Waals surface area contributed by atoms with E-state index in [2.05, 4.69) is 118 Å². The van der Waals surface area contributed by atoms with Crippen molar-refractivity contribution in [1.82, 2.24) is 9.80 Å². The Kier molecular flexibility index (Phi) is 12.3. The Morgan fingerprint density at radius 3 is 2.15 bits per heavy atom. The summed E-state index contributed by atoms with van der Waals surface area (Å²) in [6.07, 6.45) is 23.7. The van der Waals surface area contributed by atoms with Gasteiger partial charge in [-0.15, -0.1) is 0 Å². The number of hydrogen-bond acceptors (Lipinski definition) is 2. The molecule has 1 saturated heterocycles. The van der Waals surface area contributed by atoms with Gasteiger partial charge < -0.3 is 9.80 Å². The molecule has 0 atom stereocenters. The summed E-state index contributed by atoms with van der Waals surface area (Å²) in [7, 11) is 0. The monoisotopic (exact) mass is 458 g/mol. The van der Waals surface area contributed by atoms with Crippen molar-refractivity contribution in [3.05, 3.63) is 102 Å². The van der Waals surface area contributed by atoms with E-state index in [1.165, 1.54) is 47.4 Å². The van der Waals surface area contributed by atoms with Gasteiger partial charge in [-0.3, -0.25) is 0 Å². The fourth-order valence-corrected chi connectivity index (χ4v) is 4.16. The second-order valence-corrected chi connectivity index (χ2v) is 9.07. The predicted molar refractivity (Wildman–Crippen MR) is 151 cm³/mol. The Morgan fingerprint density at radius 2 is 1.56 bits per heavy atom. The van der Waals surface area contributed by atoms with Crippen molar-refractivity contribution in [2.75, 3.05) is 13.1 Å². The number of piperidine rings is 1. The Balaban J connectivity index is 2.48. The van der Waals surface area contributed by atoms with Crippen LogP contribution in [0.3, 0.4) is 0 Å². The van der Waals surface area contributed by atoms with Crippen LogP contribution in [0.1, 0.15) is 84.3 Å². The van der Waals surface area contributed by atoms with Crippen molar-refractivity contribution < 1.29 is 0 Å². The van der Waals surface area contributed by atoms with Gasteiger partial charge in [-0.1, -0.05) is 81.8 Å². The normalized spacial score (nSPS) is 16.0.